The maximum Gasteiger partial charge on any atom is 0.0342 e. The summed E-state index contributed by atoms with van der Waals surface area (Å²) in [5, 5.41) is 3.64. The third-order valence-corrected chi connectivity index (χ3v) is 3.55. The van der Waals surface area contributed by atoms with E-state index in [0.717, 1.165) is 0 Å². The van der Waals surface area contributed by atoms with Gasteiger partial charge in [-0.25, -0.2) is 0 Å². The van der Waals surface area contributed by atoms with Crippen molar-refractivity contribution in [2.45, 2.75) is 39.2 Å². The van der Waals surface area contributed by atoms with Gasteiger partial charge in [-0.3, -0.25) is 0 Å². The highest BCUT2D eigenvalue weighted by Gasteiger charge is 2.17. The number of nitrogens with one attached hydrogen (secondary N) is 1. The minimum Gasteiger partial charge on any atom is -0.382 e. The second-order valence-electron chi connectivity index (χ2n) is 5.13. The molecule has 0 atom stereocenters. The van der Waals surface area contributed by atoms with E-state index in [1.807, 2.05) is 0 Å². The molecule has 0 aliphatic carbocycles. The van der Waals surface area contributed by atoms with Crippen LogP contribution in [0.1, 0.15) is 31.7 Å². The molecule has 0 spiro atoms. The van der Waals surface area contributed by atoms with E-state index < -0.39 is 0 Å². The first-order valence-electron chi connectivity index (χ1n) is 6.83. The average molecular weight is 232 g/mol. The van der Waals surface area contributed by atoms with Gasteiger partial charge in [-0.1, -0.05) is 24.6 Å². The molecule has 0 saturated carbocycles. The van der Waals surface area contributed by atoms with Gasteiger partial charge in [-0.05, 0) is 44.9 Å². The van der Waals surface area contributed by atoms with Crippen molar-refractivity contribution in [3.8, 4) is 0 Å². The number of nitrogens with zero attached hydrogens (tertiary/aromatic N) is 1. The van der Waals surface area contributed by atoms with Crippen LogP contribution < -0.4 is 5.32 Å². The lowest BCUT2D eigenvalue weighted by Gasteiger charge is -2.32. The highest BCUT2D eigenvalue weighted by atomic mass is 15.1. The van der Waals surface area contributed by atoms with Crippen LogP contribution in [0.5, 0.6) is 0 Å². The fourth-order valence-electron chi connectivity index (χ4n) is 2.50. The Kier molecular flexibility index (Phi) is 4.43. The molecule has 0 aromatic heterocycles. The van der Waals surface area contributed by atoms with Gasteiger partial charge in [-0.2, -0.15) is 0 Å². The van der Waals surface area contributed by atoms with Crippen molar-refractivity contribution >= 4 is 5.69 Å². The first kappa shape index (κ1) is 12.4. The van der Waals surface area contributed by atoms with Gasteiger partial charge >= 0.3 is 0 Å². The van der Waals surface area contributed by atoms with E-state index in [-0.39, 0.29) is 0 Å². The fourth-order valence-corrected chi connectivity index (χ4v) is 2.50. The molecule has 1 fully saturated rings. The predicted molar refractivity (Wildman–Crippen MR) is 74.6 cm³/mol. The Morgan fingerprint density at radius 1 is 1.18 bits per heavy atom. The summed E-state index contributed by atoms with van der Waals surface area (Å²) in [4.78, 5) is 2.58. The van der Waals surface area contributed by atoms with Crippen molar-refractivity contribution in [2.24, 2.45) is 0 Å². The summed E-state index contributed by atoms with van der Waals surface area (Å²) >= 11 is 0. The molecule has 2 rings (SSSR count). The number of hydrogen-bond donors (Lipinski definition) is 1. The van der Waals surface area contributed by atoms with Gasteiger partial charge in [0.15, 0.2) is 0 Å². The van der Waals surface area contributed by atoms with Gasteiger partial charge in [-0.15, -0.1) is 0 Å². The topological polar surface area (TPSA) is 15.3 Å². The van der Waals surface area contributed by atoms with Gasteiger partial charge in [0.05, 0.1) is 0 Å². The second kappa shape index (κ2) is 6.06. The summed E-state index contributed by atoms with van der Waals surface area (Å²) in [6, 6.07) is 9.38. The molecular formula is C15H24N2. The number of anilines is 1. The Hall–Kier alpha value is -1.02. The largest absolute Gasteiger partial charge is 0.382 e. The molecule has 1 aromatic carbocycles. The zero-order valence-corrected chi connectivity index (χ0v) is 11.1. The van der Waals surface area contributed by atoms with E-state index in [1.54, 1.807) is 0 Å². The van der Waals surface area contributed by atoms with Crippen LogP contribution in [0.25, 0.3) is 0 Å². The molecule has 2 heteroatoms. The van der Waals surface area contributed by atoms with Crippen LogP contribution in [0.15, 0.2) is 24.3 Å². The molecule has 0 unspecified atom stereocenters. The number of likely N-dealkylation sites (tertiary alicyclic amines) is 1. The standard InChI is InChI=1S/C15H24N2/c1-3-10-17-11-8-15(9-12-17)16-14-6-4-13(2)5-7-14/h4-7,15-16H,3,8-12H2,1-2H3. The van der Waals surface area contributed by atoms with Crippen molar-refractivity contribution in [3.63, 3.8) is 0 Å². The van der Waals surface area contributed by atoms with E-state index in [1.165, 1.54) is 50.1 Å². The highest BCUT2D eigenvalue weighted by Crippen LogP contribution is 2.17. The van der Waals surface area contributed by atoms with Crippen LogP contribution in [-0.4, -0.2) is 30.6 Å². The molecule has 1 N–H and O–H groups in total. The normalized spacial score (nSPS) is 18.2. The van der Waals surface area contributed by atoms with Gasteiger partial charge in [0, 0.05) is 24.8 Å². The zero-order chi connectivity index (χ0) is 12.1. The molecular weight excluding hydrogens is 208 g/mol. The van der Waals surface area contributed by atoms with Crippen LogP contribution in [0.2, 0.25) is 0 Å². The van der Waals surface area contributed by atoms with Gasteiger partial charge < -0.3 is 10.2 Å². The lowest BCUT2D eigenvalue weighted by Crippen LogP contribution is -2.39. The second-order valence-corrected chi connectivity index (χ2v) is 5.13. The van der Waals surface area contributed by atoms with E-state index in [4.69, 9.17) is 0 Å². The maximum absolute atomic E-state index is 3.64. The minimum atomic E-state index is 0.658. The third kappa shape index (κ3) is 3.74. The van der Waals surface area contributed by atoms with Crippen LogP contribution in [-0.2, 0) is 0 Å². The van der Waals surface area contributed by atoms with Crippen molar-refractivity contribution in [3.05, 3.63) is 29.8 Å². The number of rotatable bonds is 4. The summed E-state index contributed by atoms with van der Waals surface area (Å²) in [6.07, 6.45) is 3.82. The highest BCUT2D eigenvalue weighted by molar-refractivity contribution is 5.45. The Morgan fingerprint density at radius 3 is 2.41 bits per heavy atom. The molecule has 0 bridgehead atoms. The Labute approximate surface area is 105 Å². The third-order valence-electron chi connectivity index (χ3n) is 3.55. The molecule has 1 aliphatic heterocycles. The van der Waals surface area contributed by atoms with Gasteiger partial charge in [0.1, 0.15) is 0 Å². The Morgan fingerprint density at radius 2 is 1.82 bits per heavy atom. The number of benzene rings is 1. The maximum atomic E-state index is 3.64. The number of aryl methyl sites for hydroxylation is 1. The smallest absolute Gasteiger partial charge is 0.0342 e. The lowest BCUT2D eigenvalue weighted by atomic mass is 10.0. The van der Waals surface area contributed by atoms with Gasteiger partial charge in [0.25, 0.3) is 0 Å². The SMILES string of the molecule is CCCN1CCC(Nc2ccc(C)cc2)CC1. The van der Waals surface area contributed by atoms with Crippen LogP contribution >= 0.6 is 0 Å². The zero-order valence-electron chi connectivity index (χ0n) is 11.1. The summed E-state index contributed by atoms with van der Waals surface area (Å²) in [6.45, 7) is 8.15. The van der Waals surface area contributed by atoms with Crippen molar-refractivity contribution < 1.29 is 0 Å². The molecule has 17 heavy (non-hydrogen) atoms. The summed E-state index contributed by atoms with van der Waals surface area (Å²) < 4.78 is 0. The first-order chi connectivity index (χ1) is 8.28. The number of hydrogen-bond acceptors (Lipinski definition) is 2. The first-order valence-corrected chi connectivity index (χ1v) is 6.83. The van der Waals surface area contributed by atoms with E-state index in [9.17, 15) is 0 Å². The Bertz CT molecular complexity index is 323. The van der Waals surface area contributed by atoms with E-state index in [0.29, 0.717) is 6.04 Å². The monoisotopic (exact) mass is 232 g/mol. The average Bonchev–Trinajstić information content (AvgIpc) is 2.35. The van der Waals surface area contributed by atoms with Crippen LogP contribution in [0, 0.1) is 6.92 Å². The molecule has 1 heterocycles. The molecule has 1 saturated heterocycles. The van der Waals surface area contributed by atoms with Gasteiger partial charge in [0.2, 0.25) is 0 Å². The molecule has 1 aliphatic rings. The quantitative estimate of drug-likeness (QED) is 0.857. The Balaban J connectivity index is 1.79. The lowest BCUT2D eigenvalue weighted by molar-refractivity contribution is 0.219. The fraction of sp³-hybridized carbons (Fsp3) is 0.600. The van der Waals surface area contributed by atoms with E-state index >= 15 is 0 Å². The van der Waals surface area contributed by atoms with Crippen molar-refractivity contribution in [1.82, 2.24) is 4.90 Å². The molecule has 2 nitrogen and oxygen atoms in total. The minimum absolute atomic E-state index is 0.658. The van der Waals surface area contributed by atoms with Crippen LogP contribution in [0.4, 0.5) is 5.69 Å². The van der Waals surface area contributed by atoms with Crippen molar-refractivity contribution in [1.29, 1.82) is 0 Å². The van der Waals surface area contributed by atoms with Crippen LogP contribution in [0.3, 0.4) is 0 Å². The summed E-state index contributed by atoms with van der Waals surface area (Å²) in [7, 11) is 0. The molecule has 0 amide bonds. The van der Waals surface area contributed by atoms with Crippen molar-refractivity contribution in [2.75, 3.05) is 25.0 Å². The molecule has 0 radical (unpaired) electrons. The molecule has 94 valence electrons. The van der Waals surface area contributed by atoms with E-state index in [2.05, 4.69) is 48.3 Å². The molecule has 1 aromatic rings. The summed E-state index contributed by atoms with van der Waals surface area (Å²) in [5.41, 5.74) is 2.60. The number of piperidine rings is 1. The predicted octanol–water partition coefficient (Wildman–Crippen LogP) is 3.28. The summed E-state index contributed by atoms with van der Waals surface area (Å²) in [5.74, 6) is 0.